The number of aromatic nitrogens is 9. The molecule has 0 amide bonds. The molecule has 90 heavy (non-hydrogen) atoms. The Hall–Kier alpha value is -12.3. The molecule has 0 aliphatic rings. The molecule has 7 aromatic heterocycles. The lowest BCUT2D eigenvalue weighted by Gasteiger charge is -2.17. The number of rotatable bonds is 7. The van der Waals surface area contributed by atoms with Crippen molar-refractivity contribution in [3.05, 3.63) is 297 Å². The zero-order valence-electron chi connectivity index (χ0n) is 48.3. The van der Waals surface area contributed by atoms with Gasteiger partial charge < -0.3 is 18.3 Å². The van der Waals surface area contributed by atoms with E-state index < -0.39 is 0 Å². The normalized spacial score (nSPS) is 12.2. The van der Waals surface area contributed by atoms with E-state index in [0.717, 1.165) is 132 Å². The van der Waals surface area contributed by atoms with Gasteiger partial charge in [-0.25, -0.2) is 0 Å². The minimum Gasteiger partial charge on any atom is -0.309 e. The Morgan fingerprint density at radius 2 is 0.489 bits per heavy atom. The Morgan fingerprint density at radius 3 is 0.933 bits per heavy atom. The molecule has 0 aliphatic carbocycles. The summed E-state index contributed by atoms with van der Waals surface area (Å²) in [4.78, 5) is 17.0. The van der Waals surface area contributed by atoms with E-state index in [0.29, 0.717) is 17.7 Å². The summed E-state index contributed by atoms with van der Waals surface area (Å²) in [5, 5.41) is 13.8. The lowest BCUT2D eigenvalue weighted by Crippen LogP contribution is -2.10. The first kappa shape index (κ1) is 48.9. The molecule has 0 aliphatic heterocycles. The average Bonchev–Trinajstić information content (AvgIpc) is 1.55. The van der Waals surface area contributed by atoms with Crippen LogP contribution < -0.4 is 0 Å². The Bertz CT molecular complexity index is 6170. The van der Waals surface area contributed by atoms with Crippen LogP contribution in [0.5, 0.6) is 0 Å². The summed E-state index contributed by atoms with van der Waals surface area (Å²) in [6.07, 6.45) is 0. The molecule has 0 fully saturated rings. The van der Waals surface area contributed by atoms with Crippen molar-refractivity contribution in [3.8, 4) is 46.0 Å². The van der Waals surface area contributed by atoms with Gasteiger partial charge in [0.2, 0.25) is 11.9 Å². The van der Waals surface area contributed by atoms with Crippen LogP contribution in [0.2, 0.25) is 0 Å². The molecule has 0 atom stereocenters. The fraction of sp³-hybridized carbons (Fsp3) is 0. The van der Waals surface area contributed by atoms with Crippen molar-refractivity contribution in [1.29, 1.82) is 0 Å². The molecule has 0 saturated heterocycles. The van der Waals surface area contributed by atoms with Crippen LogP contribution >= 0.6 is 0 Å². The first-order valence-electron chi connectivity index (χ1n) is 30.6. The molecule has 0 N–H and O–H groups in total. The van der Waals surface area contributed by atoms with Crippen molar-refractivity contribution in [1.82, 2.24) is 42.4 Å². The van der Waals surface area contributed by atoms with Crippen molar-refractivity contribution in [2.24, 2.45) is 0 Å². The van der Waals surface area contributed by atoms with E-state index in [1.807, 2.05) is 6.07 Å². The monoisotopic (exact) mass is 1150 g/mol. The largest absolute Gasteiger partial charge is 0.309 e. The van der Waals surface area contributed by atoms with Gasteiger partial charge in [0.05, 0.1) is 83.3 Å². The highest BCUT2D eigenvalue weighted by atomic mass is 15.3. The van der Waals surface area contributed by atoms with E-state index in [1.54, 1.807) is 0 Å². The lowest BCUT2D eigenvalue weighted by molar-refractivity contribution is 0.894. The Morgan fingerprint density at radius 1 is 0.189 bits per heavy atom. The summed E-state index contributed by atoms with van der Waals surface area (Å²) in [6, 6.07) is 108. The lowest BCUT2D eigenvalue weighted by atomic mass is 10.1. The van der Waals surface area contributed by atoms with Crippen molar-refractivity contribution < 1.29 is 0 Å². The van der Waals surface area contributed by atoms with E-state index in [-0.39, 0.29) is 0 Å². The number of benzene rings is 13. The number of nitrogens with zero attached hydrogens (tertiary/aromatic N) is 9. The molecule has 418 valence electrons. The van der Waals surface area contributed by atoms with Gasteiger partial charge in [-0.05, 0) is 84.9 Å². The van der Waals surface area contributed by atoms with Crippen molar-refractivity contribution in [2.75, 3.05) is 0 Å². The molecule has 0 bridgehead atoms. The average molecular weight is 1150 g/mol. The topological polar surface area (TPSA) is 68.2 Å². The Labute approximate surface area is 513 Å². The Kier molecular flexibility index (Phi) is 10.1. The fourth-order valence-electron chi connectivity index (χ4n) is 15.2. The molecule has 20 rings (SSSR count). The second-order valence-electron chi connectivity index (χ2n) is 23.5. The van der Waals surface area contributed by atoms with Crippen molar-refractivity contribution >= 4 is 131 Å². The van der Waals surface area contributed by atoms with Crippen LogP contribution in [0.15, 0.2) is 297 Å². The van der Waals surface area contributed by atoms with Crippen molar-refractivity contribution in [2.45, 2.75) is 0 Å². The first-order valence-corrected chi connectivity index (χ1v) is 30.6. The molecule has 0 unspecified atom stereocenters. The number of hydrogen-bond donors (Lipinski definition) is 0. The van der Waals surface area contributed by atoms with Gasteiger partial charge in [0.25, 0.3) is 0 Å². The van der Waals surface area contributed by atoms with E-state index in [2.05, 4.69) is 319 Å². The zero-order valence-corrected chi connectivity index (χ0v) is 48.3. The van der Waals surface area contributed by atoms with Gasteiger partial charge in [-0.1, -0.05) is 212 Å². The van der Waals surface area contributed by atoms with Gasteiger partial charge in [0.15, 0.2) is 5.82 Å². The van der Waals surface area contributed by atoms with Gasteiger partial charge in [-0.15, -0.1) is 0 Å². The number of hydrogen-bond acceptors (Lipinski definition) is 3. The minimum atomic E-state index is 0.512. The van der Waals surface area contributed by atoms with E-state index in [9.17, 15) is 0 Å². The molecule has 0 saturated carbocycles. The summed E-state index contributed by atoms with van der Waals surface area (Å²) in [5.74, 6) is 1.60. The van der Waals surface area contributed by atoms with Crippen LogP contribution in [-0.4, -0.2) is 42.4 Å². The molecule has 0 spiro atoms. The maximum absolute atomic E-state index is 5.82. The second-order valence-corrected chi connectivity index (χ2v) is 23.5. The minimum absolute atomic E-state index is 0.512. The van der Waals surface area contributed by atoms with Gasteiger partial charge in [0, 0.05) is 75.9 Å². The molecule has 13 aromatic carbocycles. The summed E-state index contributed by atoms with van der Waals surface area (Å²) >= 11 is 0. The first-order chi connectivity index (χ1) is 44.7. The third-order valence-corrected chi connectivity index (χ3v) is 18.8. The smallest absolute Gasteiger partial charge is 0.240 e. The van der Waals surface area contributed by atoms with Gasteiger partial charge in [0.1, 0.15) is 0 Å². The molecule has 20 aromatic rings. The molecule has 0 radical (unpaired) electrons. The third-order valence-electron chi connectivity index (χ3n) is 18.8. The zero-order chi connectivity index (χ0) is 58.7. The van der Waals surface area contributed by atoms with Crippen LogP contribution in [0.1, 0.15) is 0 Å². The summed E-state index contributed by atoms with van der Waals surface area (Å²) in [6.45, 7) is 0. The van der Waals surface area contributed by atoms with Crippen LogP contribution in [0, 0.1) is 0 Å². The third kappa shape index (κ3) is 6.77. The summed E-state index contributed by atoms with van der Waals surface area (Å²) in [7, 11) is 0. The standard InChI is InChI=1S/C81H49N9/c1-3-23-50(24-4-1)79-82-80(84-81(83-79)90-72-41-21-13-33-61(72)64-44-43-63-60-32-11-19-39-70(60)88(77(63)78(64)90)51-25-5-2-6-26-51)89-71-40-20-12-31-59(71)62-45-46-74-75(76(62)89)65-34-14-22-42-73(65)87(74)54-48-52(85-66-35-15-7-27-55(66)56-28-8-16-36-67(56)85)47-53(49-54)86-68-37-17-9-29-57(68)58-30-10-18-38-69(58)86/h1-49H. The quantitative estimate of drug-likeness (QED) is 0.160. The molecule has 9 nitrogen and oxygen atoms in total. The SMILES string of the molecule is c1ccc(-c2nc(-n3c4ccccc4c4ccc5c(c6ccccc6n5-c5cc(-n6c7ccccc7c7ccccc76)cc(-n6c7ccccc7c7ccccc76)c5)c43)nc(-n3c4ccccc4c4ccc5c6ccccc6n(-c6ccccc6)c5c43)n2)cc1. The second kappa shape index (κ2) is 18.6. The van der Waals surface area contributed by atoms with E-state index in [4.69, 9.17) is 15.0 Å². The van der Waals surface area contributed by atoms with E-state index >= 15 is 0 Å². The Balaban J connectivity index is 0.905. The maximum atomic E-state index is 5.82. The predicted octanol–water partition coefficient (Wildman–Crippen LogP) is 20.1. The fourth-order valence-corrected chi connectivity index (χ4v) is 15.2. The van der Waals surface area contributed by atoms with Gasteiger partial charge in [-0.3, -0.25) is 9.13 Å². The summed E-state index contributed by atoms with van der Waals surface area (Å²) in [5.41, 5.74) is 18.0. The van der Waals surface area contributed by atoms with Gasteiger partial charge in [-0.2, -0.15) is 15.0 Å². The van der Waals surface area contributed by atoms with Crippen LogP contribution in [-0.2, 0) is 0 Å². The highest BCUT2D eigenvalue weighted by Crippen LogP contribution is 2.46. The van der Waals surface area contributed by atoms with Crippen LogP contribution in [0.25, 0.3) is 177 Å². The van der Waals surface area contributed by atoms with Gasteiger partial charge >= 0.3 is 0 Å². The molecular weight excluding hydrogens is 1100 g/mol. The predicted molar refractivity (Wildman–Crippen MR) is 371 cm³/mol. The van der Waals surface area contributed by atoms with Crippen molar-refractivity contribution in [3.63, 3.8) is 0 Å². The van der Waals surface area contributed by atoms with Crippen LogP contribution in [0.4, 0.5) is 0 Å². The van der Waals surface area contributed by atoms with Crippen LogP contribution in [0.3, 0.4) is 0 Å². The highest BCUT2D eigenvalue weighted by molar-refractivity contribution is 6.27. The number of fused-ring (bicyclic) bond motifs is 20. The highest BCUT2D eigenvalue weighted by Gasteiger charge is 2.28. The van der Waals surface area contributed by atoms with E-state index in [1.165, 1.54) is 26.9 Å². The number of para-hydroxylation sites is 9. The maximum Gasteiger partial charge on any atom is 0.240 e. The molecular formula is C81H49N9. The molecule has 9 heteroatoms. The molecule has 7 heterocycles. The summed E-state index contributed by atoms with van der Waals surface area (Å²) < 4.78 is 14.4.